The molecule has 2 rings (SSSR count). The lowest BCUT2D eigenvalue weighted by atomic mass is 9.72. The molecule has 1 aliphatic carbocycles. The summed E-state index contributed by atoms with van der Waals surface area (Å²) in [4.78, 5) is 4.23. The quantitative estimate of drug-likeness (QED) is 0.876. The molecule has 0 spiro atoms. The molecule has 100 valence electrons. The Morgan fingerprint density at radius 3 is 2.83 bits per heavy atom. The fourth-order valence-electron chi connectivity index (χ4n) is 3.51. The van der Waals surface area contributed by atoms with Crippen LogP contribution in [0.4, 0.5) is 0 Å². The molecule has 0 aliphatic heterocycles. The van der Waals surface area contributed by atoms with Crippen molar-refractivity contribution < 1.29 is 0 Å². The first-order valence-electron chi connectivity index (χ1n) is 7.46. The number of hydrogen-bond acceptors (Lipinski definition) is 2. The number of rotatable bonds is 4. The van der Waals surface area contributed by atoms with Gasteiger partial charge in [0.15, 0.2) is 0 Å². The van der Waals surface area contributed by atoms with Crippen LogP contribution in [0.2, 0.25) is 0 Å². The zero-order chi connectivity index (χ0) is 13.0. The van der Waals surface area contributed by atoms with Gasteiger partial charge in [0.25, 0.3) is 0 Å². The summed E-state index contributed by atoms with van der Waals surface area (Å²) in [7, 11) is 0. The summed E-state index contributed by atoms with van der Waals surface area (Å²) in [6, 6.07) is 2.33. The van der Waals surface area contributed by atoms with Crippen LogP contribution in [0, 0.1) is 11.8 Å². The molecule has 1 aromatic heterocycles. The van der Waals surface area contributed by atoms with Gasteiger partial charge in [-0.2, -0.15) is 0 Å². The molecule has 1 aromatic rings. The van der Waals surface area contributed by atoms with Gasteiger partial charge < -0.3 is 5.73 Å². The third kappa shape index (κ3) is 2.74. The summed E-state index contributed by atoms with van der Waals surface area (Å²) in [6.07, 6.45) is 11.6. The fraction of sp³-hybridized carbons (Fsp3) is 0.688. The smallest absolute Gasteiger partial charge is 0.0330 e. The second-order valence-corrected chi connectivity index (χ2v) is 5.57. The SMILES string of the molecule is CCc1cnccc1C(N)C1CCCCC1CC. The third-order valence-corrected chi connectivity index (χ3v) is 4.63. The molecule has 1 heterocycles. The van der Waals surface area contributed by atoms with Gasteiger partial charge in [-0.1, -0.05) is 39.5 Å². The summed E-state index contributed by atoms with van der Waals surface area (Å²) in [5, 5.41) is 0. The molecule has 0 aromatic carbocycles. The molecule has 0 radical (unpaired) electrons. The number of hydrogen-bond donors (Lipinski definition) is 1. The van der Waals surface area contributed by atoms with Crippen molar-refractivity contribution in [1.29, 1.82) is 0 Å². The first-order valence-corrected chi connectivity index (χ1v) is 7.46. The first-order chi connectivity index (χ1) is 8.77. The molecule has 3 unspecified atom stereocenters. The van der Waals surface area contributed by atoms with Crippen LogP contribution in [0.5, 0.6) is 0 Å². The molecular formula is C16H26N2. The van der Waals surface area contributed by atoms with Gasteiger partial charge in [-0.25, -0.2) is 0 Å². The minimum Gasteiger partial charge on any atom is -0.324 e. The Morgan fingerprint density at radius 2 is 2.11 bits per heavy atom. The Kier molecular flexibility index (Phi) is 4.76. The van der Waals surface area contributed by atoms with Crippen molar-refractivity contribution in [3.63, 3.8) is 0 Å². The van der Waals surface area contributed by atoms with E-state index in [1.807, 2.05) is 12.4 Å². The Balaban J connectivity index is 2.20. The van der Waals surface area contributed by atoms with Crippen molar-refractivity contribution >= 4 is 0 Å². The maximum absolute atomic E-state index is 6.58. The van der Waals surface area contributed by atoms with Crippen LogP contribution < -0.4 is 5.73 Å². The van der Waals surface area contributed by atoms with Crippen molar-refractivity contribution in [2.24, 2.45) is 17.6 Å². The highest BCUT2D eigenvalue weighted by Crippen LogP contribution is 2.39. The molecule has 3 atom stereocenters. The van der Waals surface area contributed by atoms with E-state index in [9.17, 15) is 0 Å². The van der Waals surface area contributed by atoms with Gasteiger partial charge in [0.2, 0.25) is 0 Å². The predicted molar refractivity (Wildman–Crippen MR) is 76.3 cm³/mol. The summed E-state index contributed by atoms with van der Waals surface area (Å²) in [5.74, 6) is 1.48. The largest absolute Gasteiger partial charge is 0.324 e. The van der Waals surface area contributed by atoms with E-state index in [1.54, 1.807) is 0 Å². The summed E-state index contributed by atoms with van der Waals surface area (Å²) in [5.41, 5.74) is 9.24. The highest BCUT2D eigenvalue weighted by atomic mass is 14.7. The molecule has 1 saturated carbocycles. The van der Waals surface area contributed by atoms with Gasteiger partial charge in [-0.3, -0.25) is 4.98 Å². The van der Waals surface area contributed by atoms with Crippen molar-refractivity contribution in [3.8, 4) is 0 Å². The maximum atomic E-state index is 6.58. The minimum absolute atomic E-state index is 0.202. The zero-order valence-corrected chi connectivity index (χ0v) is 11.7. The van der Waals surface area contributed by atoms with Gasteiger partial charge >= 0.3 is 0 Å². The number of aryl methyl sites for hydroxylation is 1. The molecule has 2 nitrogen and oxygen atoms in total. The Labute approximate surface area is 111 Å². The average Bonchev–Trinajstić information content (AvgIpc) is 2.46. The Hall–Kier alpha value is -0.890. The van der Waals surface area contributed by atoms with Crippen LogP contribution in [0.25, 0.3) is 0 Å². The highest BCUT2D eigenvalue weighted by Gasteiger charge is 2.30. The molecule has 0 amide bonds. The molecule has 1 fully saturated rings. The van der Waals surface area contributed by atoms with Gasteiger partial charge in [0.1, 0.15) is 0 Å². The second kappa shape index (κ2) is 6.33. The second-order valence-electron chi connectivity index (χ2n) is 5.57. The van der Waals surface area contributed by atoms with Crippen LogP contribution in [0.3, 0.4) is 0 Å². The van der Waals surface area contributed by atoms with E-state index in [4.69, 9.17) is 5.73 Å². The lowest BCUT2D eigenvalue weighted by Gasteiger charge is -2.35. The summed E-state index contributed by atoms with van der Waals surface area (Å²) >= 11 is 0. The topological polar surface area (TPSA) is 38.9 Å². The number of pyridine rings is 1. The minimum atomic E-state index is 0.202. The van der Waals surface area contributed by atoms with Gasteiger partial charge in [-0.05, 0) is 41.9 Å². The number of nitrogens with two attached hydrogens (primary N) is 1. The summed E-state index contributed by atoms with van der Waals surface area (Å²) in [6.45, 7) is 4.49. The van der Waals surface area contributed by atoms with Crippen LogP contribution in [-0.2, 0) is 6.42 Å². The van der Waals surface area contributed by atoms with Gasteiger partial charge in [-0.15, -0.1) is 0 Å². The van der Waals surface area contributed by atoms with E-state index in [1.165, 1.54) is 43.2 Å². The Morgan fingerprint density at radius 1 is 1.33 bits per heavy atom. The predicted octanol–water partition coefficient (Wildman–Crippen LogP) is 3.86. The van der Waals surface area contributed by atoms with E-state index < -0.39 is 0 Å². The van der Waals surface area contributed by atoms with Crippen molar-refractivity contribution in [1.82, 2.24) is 4.98 Å². The fourth-order valence-corrected chi connectivity index (χ4v) is 3.51. The van der Waals surface area contributed by atoms with Crippen molar-refractivity contribution in [3.05, 3.63) is 29.6 Å². The molecule has 0 bridgehead atoms. The number of aromatic nitrogens is 1. The van der Waals surface area contributed by atoms with E-state index in [0.29, 0.717) is 5.92 Å². The van der Waals surface area contributed by atoms with Crippen LogP contribution in [-0.4, -0.2) is 4.98 Å². The highest BCUT2D eigenvalue weighted by molar-refractivity contribution is 5.27. The maximum Gasteiger partial charge on any atom is 0.0330 e. The molecule has 2 N–H and O–H groups in total. The van der Waals surface area contributed by atoms with Crippen LogP contribution in [0.15, 0.2) is 18.5 Å². The number of nitrogens with zero attached hydrogens (tertiary/aromatic N) is 1. The molecule has 1 aliphatic rings. The normalized spacial score (nSPS) is 25.9. The Bertz CT molecular complexity index is 375. The van der Waals surface area contributed by atoms with Gasteiger partial charge in [0.05, 0.1) is 0 Å². The molecule has 2 heteroatoms. The van der Waals surface area contributed by atoms with Crippen LogP contribution >= 0.6 is 0 Å². The molecular weight excluding hydrogens is 220 g/mol. The summed E-state index contributed by atoms with van der Waals surface area (Å²) < 4.78 is 0. The lowest BCUT2D eigenvalue weighted by molar-refractivity contribution is 0.196. The molecule has 18 heavy (non-hydrogen) atoms. The lowest BCUT2D eigenvalue weighted by Crippen LogP contribution is -2.31. The third-order valence-electron chi connectivity index (χ3n) is 4.63. The van der Waals surface area contributed by atoms with E-state index in [0.717, 1.165) is 12.3 Å². The first kappa shape index (κ1) is 13.5. The van der Waals surface area contributed by atoms with E-state index in [-0.39, 0.29) is 6.04 Å². The monoisotopic (exact) mass is 246 g/mol. The van der Waals surface area contributed by atoms with Gasteiger partial charge in [0, 0.05) is 18.4 Å². The average molecular weight is 246 g/mol. The van der Waals surface area contributed by atoms with Crippen molar-refractivity contribution in [2.45, 2.75) is 58.4 Å². The van der Waals surface area contributed by atoms with E-state index >= 15 is 0 Å². The van der Waals surface area contributed by atoms with E-state index in [2.05, 4.69) is 24.9 Å². The molecule has 0 saturated heterocycles. The standard InChI is InChI=1S/C16H26N2/c1-3-12-7-5-6-8-14(12)16(17)15-9-10-18-11-13(15)4-2/h9-12,14,16H,3-8,17H2,1-2H3. The van der Waals surface area contributed by atoms with Crippen LogP contribution in [0.1, 0.15) is 63.1 Å². The van der Waals surface area contributed by atoms with Crippen molar-refractivity contribution in [2.75, 3.05) is 0 Å². The zero-order valence-electron chi connectivity index (χ0n) is 11.7.